The molecule has 1 aromatic carbocycles. The van der Waals surface area contributed by atoms with E-state index in [0.717, 1.165) is 13.0 Å². The maximum Gasteiger partial charge on any atom is 0.280 e. The molecule has 0 spiro atoms. The van der Waals surface area contributed by atoms with Crippen LogP contribution in [0.1, 0.15) is 19.2 Å². The first-order valence-electron chi connectivity index (χ1n) is 6.34. The molecule has 108 valence electrons. The molecule has 1 aromatic heterocycles. The summed E-state index contributed by atoms with van der Waals surface area (Å²) in [5, 5.41) is 0.0193. The van der Waals surface area contributed by atoms with Gasteiger partial charge in [0.05, 0.1) is 5.69 Å². The third kappa shape index (κ3) is 3.11. The zero-order chi connectivity index (χ0) is 14.8. The van der Waals surface area contributed by atoms with Crippen LogP contribution in [0, 0.1) is 6.92 Å². The monoisotopic (exact) mass is 294 g/mol. The Morgan fingerprint density at radius 3 is 2.80 bits per heavy atom. The molecule has 1 heterocycles. The molecule has 0 saturated carbocycles. The largest absolute Gasteiger partial charge is 0.399 e. The number of nitrogens with zero attached hydrogens (tertiary/aromatic N) is 2. The fraction of sp³-hybridized carbons (Fsp3) is 0.308. The van der Waals surface area contributed by atoms with E-state index in [1.165, 1.54) is 0 Å². The van der Waals surface area contributed by atoms with Gasteiger partial charge in [0.25, 0.3) is 10.0 Å². The lowest BCUT2D eigenvalue weighted by Gasteiger charge is -2.06. The van der Waals surface area contributed by atoms with Crippen LogP contribution in [-0.4, -0.2) is 18.0 Å². The average Bonchev–Trinajstić information content (AvgIpc) is 2.72. The third-order valence-corrected chi connectivity index (χ3v) is 4.08. The van der Waals surface area contributed by atoms with Crippen molar-refractivity contribution < 1.29 is 8.42 Å². The molecule has 0 atom stereocenters. The highest BCUT2D eigenvalue weighted by Crippen LogP contribution is 2.17. The van der Waals surface area contributed by atoms with Gasteiger partial charge in [0.15, 0.2) is 5.03 Å². The molecule has 0 saturated heterocycles. The van der Waals surface area contributed by atoms with Gasteiger partial charge in [-0.05, 0) is 31.5 Å². The molecule has 2 aromatic rings. The second-order valence-corrected chi connectivity index (χ2v) is 6.18. The Labute approximate surface area is 118 Å². The number of imidazole rings is 1. The molecule has 0 aliphatic heterocycles. The van der Waals surface area contributed by atoms with Gasteiger partial charge in [-0.25, -0.2) is 4.98 Å². The van der Waals surface area contributed by atoms with Crippen molar-refractivity contribution in [3.8, 4) is 0 Å². The van der Waals surface area contributed by atoms with Crippen LogP contribution in [0.5, 0.6) is 0 Å². The highest BCUT2D eigenvalue weighted by atomic mass is 32.2. The Hall–Kier alpha value is -2.02. The summed E-state index contributed by atoms with van der Waals surface area (Å²) >= 11 is 0. The van der Waals surface area contributed by atoms with E-state index in [9.17, 15) is 8.42 Å². The first-order valence-corrected chi connectivity index (χ1v) is 7.83. The van der Waals surface area contributed by atoms with Gasteiger partial charge >= 0.3 is 0 Å². The molecule has 0 aliphatic carbocycles. The van der Waals surface area contributed by atoms with Gasteiger partial charge in [0.1, 0.15) is 5.82 Å². The fourth-order valence-electron chi connectivity index (χ4n) is 1.89. The van der Waals surface area contributed by atoms with Crippen LogP contribution in [0.15, 0.2) is 35.5 Å². The summed E-state index contributed by atoms with van der Waals surface area (Å²) in [7, 11) is -3.69. The van der Waals surface area contributed by atoms with Crippen LogP contribution in [0.25, 0.3) is 0 Å². The maximum absolute atomic E-state index is 12.3. The number of nitrogens with one attached hydrogen (secondary N) is 1. The Kier molecular flexibility index (Phi) is 3.99. The summed E-state index contributed by atoms with van der Waals surface area (Å²) < 4.78 is 28.8. The molecule has 0 bridgehead atoms. The summed E-state index contributed by atoms with van der Waals surface area (Å²) in [6.45, 7) is 4.56. The molecule has 0 aliphatic rings. The van der Waals surface area contributed by atoms with Crippen molar-refractivity contribution in [2.45, 2.75) is 31.8 Å². The number of sulfonamides is 1. The number of hydrogen-bond donors (Lipinski definition) is 2. The molecule has 0 amide bonds. The highest BCUT2D eigenvalue weighted by Gasteiger charge is 2.19. The van der Waals surface area contributed by atoms with Gasteiger partial charge in [0.2, 0.25) is 0 Å². The zero-order valence-electron chi connectivity index (χ0n) is 11.5. The number of nitrogens with two attached hydrogens (primary N) is 1. The first kappa shape index (κ1) is 14.4. The quantitative estimate of drug-likeness (QED) is 0.825. The number of anilines is 2. The summed E-state index contributed by atoms with van der Waals surface area (Å²) in [5.74, 6) is 0.680. The number of nitrogen functional groups attached to an aromatic ring is 1. The first-order chi connectivity index (χ1) is 9.42. The molecule has 2 rings (SSSR count). The van der Waals surface area contributed by atoms with Crippen LogP contribution in [-0.2, 0) is 16.6 Å². The van der Waals surface area contributed by atoms with Crippen molar-refractivity contribution in [2.24, 2.45) is 0 Å². The molecular weight excluding hydrogens is 276 g/mol. The van der Waals surface area contributed by atoms with Gasteiger partial charge in [-0.1, -0.05) is 13.0 Å². The maximum atomic E-state index is 12.3. The second-order valence-electron chi connectivity index (χ2n) is 4.55. The SMILES string of the molecule is CCCn1cc(S(=O)(=O)Nc2cccc(N)c2)nc1C. The molecular formula is C13H18N4O2S. The van der Waals surface area contributed by atoms with E-state index in [0.29, 0.717) is 17.2 Å². The van der Waals surface area contributed by atoms with Crippen molar-refractivity contribution in [3.63, 3.8) is 0 Å². The Bertz CT molecular complexity index is 707. The normalized spacial score (nSPS) is 11.5. The molecule has 0 unspecified atom stereocenters. The van der Waals surface area contributed by atoms with Crippen molar-refractivity contribution >= 4 is 21.4 Å². The van der Waals surface area contributed by atoms with Gasteiger partial charge in [0, 0.05) is 18.4 Å². The number of benzene rings is 1. The fourth-order valence-corrected chi connectivity index (χ4v) is 2.95. The van der Waals surface area contributed by atoms with E-state index in [2.05, 4.69) is 9.71 Å². The van der Waals surface area contributed by atoms with E-state index in [4.69, 9.17) is 5.73 Å². The van der Waals surface area contributed by atoms with E-state index in [1.54, 1.807) is 37.4 Å². The zero-order valence-corrected chi connectivity index (χ0v) is 12.3. The minimum Gasteiger partial charge on any atom is -0.399 e. The van der Waals surface area contributed by atoms with E-state index in [-0.39, 0.29) is 5.03 Å². The highest BCUT2D eigenvalue weighted by molar-refractivity contribution is 7.92. The molecule has 3 N–H and O–H groups in total. The van der Waals surface area contributed by atoms with Crippen molar-refractivity contribution in [1.82, 2.24) is 9.55 Å². The minimum atomic E-state index is -3.69. The van der Waals surface area contributed by atoms with Crippen molar-refractivity contribution in [1.29, 1.82) is 0 Å². The average molecular weight is 294 g/mol. The van der Waals surface area contributed by atoms with Gasteiger partial charge in [-0.2, -0.15) is 8.42 Å². The van der Waals surface area contributed by atoms with Crippen LogP contribution >= 0.6 is 0 Å². The van der Waals surface area contributed by atoms with E-state index >= 15 is 0 Å². The number of rotatable bonds is 5. The second kappa shape index (κ2) is 5.54. The lowest BCUT2D eigenvalue weighted by molar-refractivity contribution is 0.597. The molecule has 0 fully saturated rings. The van der Waals surface area contributed by atoms with E-state index in [1.807, 2.05) is 11.5 Å². The van der Waals surface area contributed by atoms with Gasteiger partial charge in [-0.3, -0.25) is 4.72 Å². The minimum absolute atomic E-state index is 0.0193. The Morgan fingerprint density at radius 2 is 2.15 bits per heavy atom. The summed E-state index contributed by atoms with van der Waals surface area (Å²) in [6, 6.07) is 6.59. The lowest BCUT2D eigenvalue weighted by Crippen LogP contribution is -2.13. The van der Waals surface area contributed by atoms with E-state index < -0.39 is 10.0 Å². The van der Waals surface area contributed by atoms with Crippen molar-refractivity contribution in [2.75, 3.05) is 10.5 Å². The third-order valence-electron chi connectivity index (χ3n) is 2.83. The number of hydrogen-bond acceptors (Lipinski definition) is 4. The van der Waals surface area contributed by atoms with Gasteiger partial charge < -0.3 is 10.3 Å². The predicted molar refractivity (Wildman–Crippen MR) is 78.9 cm³/mol. The summed E-state index contributed by atoms with van der Waals surface area (Å²) in [4.78, 5) is 4.10. The van der Waals surface area contributed by atoms with Crippen LogP contribution in [0.2, 0.25) is 0 Å². The Morgan fingerprint density at radius 1 is 1.40 bits per heavy atom. The summed E-state index contributed by atoms with van der Waals surface area (Å²) in [6.07, 6.45) is 2.47. The number of aryl methyl sites for hydroxylation is 2. The molecule has 6 nitrogen and oxygen atoms in total. The smallest absolute Gasteiger partial charge is 0.280 e. The number of aromatic nitrogens is 2. The van der Waals surface area contributed by atoms with Crippen LogP contribution in [0.3, 0.4) is 0 Å². The Balaban J connectivity index is 2.28. The standard InChI is InChI=1S/C13H18N4O2S/c1-3-7-17-9-13(15-10(17)2)20(18,19)16-12-6-4-5-11(14)8-12/h4-6,8-9,16H,3,7,14H2,1-2H3. The van der Waals surface area contributed by atoms with Crippen LogP contribution < -0.4 is 10.5 Å². The lowest BCUT2D eigenvalue weighted by atomic mass is 10.3. The topological polar surface area (TPSA) is 90.0 Å². The molecule has 0 radical (unpaired) electrons. The van der Waals surface area contributed by atoms with Gasteiger partial charge in [-0.15, -0.1) is 0 Å². The molecule has 20 heavy (non-hydrogen) atoms. The van der Waals surface area contributed by atoms with Crippen LogP contribution in [0.4, 0.5) is 11.4 Å². The summed E-state index contributed by atoms with van der Waals surface area (Å²) in [5.41, 5.74) is 6.55. The van der Waals surface area contributed by atoms with Crippen molar-refractivity contribution in [3.05, 3.63) is 36.3 Å². The predicted octanol–water partition coefficient (Wildman–Crippen LogP) is 1.98. The molecule has 7 heteroatoms.